The number of carboxylic acid groups (broad SMARTS) is 1. The number of carboxylic acids is 1. The van der Waals surface area contributed by atoms with Crippen molar-refractivity contribution in [2.75, 3.05) is 7.11 Å². The maximum atomic E-state index is 11.6. The molecule has 0 bridgehead atoms. The van der Waals surface area contributed by atoms with Crippen LogP contribution in [-0.4, -0.2) is 26.0 Å². The molecular weight excluding hydrogens is 387 g/mol. The second-order valence-electron chi connectivity index (χ2n) is 10.4. The second-order valence-corrected chi connectivity index (χ2v) is 10.4. The molecule has 1 N–H and O–H groups in total. The topological polar surface area (TPSA) is 55.8 Å². The fourth-order valence-electron chi connectivity index (χ4n) is 5.43. The number of benzene rings is 2. The van der Waals surface area contributed by atoms with E-state index < -0.39 is 5.97 Å². The van der Waals surface area contributed by atoms with Gasteiger partial charge in [-0.1, -0.05) is 50.5 Å². The molecule has 2 aromatic carbocycles. The van der Waals surface area contributed by atoms with E-state index in [4.69, 9.17) is 9.47 Å². The third kappa shape index (κ3) is 4.12. The molecule has 0 radical (unpaired) electrons. The summed E-state index contributed by atoms with van der Waals surface area (Å²) in [7, 11) is 3.89. The monoisotopic (exact) mass is 420 g/mol. The number of hydrogen-bond donors (Lipinski definition) is 1. The Morgan fingerprint density at radius 1 is 1.26 bits per heavy atom. The van der Waals surface area contributed by atoms with E-state index >= 15 is 0 Å². The van der Waals surface area contributed by atoms with Crippen molar-refractivity contribution >= 4 is 19.3 Å². The van der Waals surface area contributed by atoms with Gasteiger partial charge in [-0.2, -0.15) is 0 Å². The molecule has 0 heterocycles. The third-order valence-electron chi connectivity index (χ3n) is 7.11. The van der Waals surface area contributed by atoms with Crippen LogP contribution in [0.4, 0.5) is 0 Å². The lowest BCUT2D eigenvalue weighted by atomic mass is 9.78. The molecule has 2 aromatic rings. The van der Waals surface area contributed by atoms with Gasteiger partial charge in [-0.05, 0) is 65.5 Å². The van der Waals surface area contributed by atoms with Crippen molar-refractivity contribution in [1.29, 1.82) is 0 Å². The number of rotatable bonds is 6. The SMILES string of the molecule is Bc1ccc(COc2ccc3c(c2)[C@]2(CCC3)CC2C(=O)O)cc1[C@@H](OC)C(C)(C)C. The highest BCUT2D eigenvalue weighted by Gasteiger charge is 2.60. The summed E-state index contributed by atoms with van der Waals surface area (Å²) >= 11 is 0. The summed E-state index contributed by atoms with van der Waals surface area (Å²) in [5, 5.41) is 9.55. The molecule has 5 heteroatoms. The van der Waals surface area contributed by atoms with Crippen LogP contribution in [0.3, 0.4) is 0 Å². The van der Waals surface area contributed by atoms with Crippen LogP contribution in [0.25, 0.3) is 0 Å². The van der Waals surface area contributed by atoms with Crippen LogP contribution in [0, 0.1) is 11.3 Å². The summed E-state index contributed by atoms with van der Waals surface area (Å²) < 4.78 is 12.0. The lowest BCUT2D eigenvalue weighted by Gasteiger charge is -2.31. The number of methoxy groups -OCH3 is 1. The molecular formula is C26H33BO4. The molecule has 0 aromatic heterocycles. The van der Waals surface area contributed by atoms with Gasteiger partial charge in [0, 0.05) is 12.5 Å². The summed E-state index contributed by atoms with van der Waals surface area (Å²) in [6, 6.07) is 12.7. The van der Waals surface area contributed by atoms with Gasteiger partial charge in [0.25, 0.3) is 0 Å². The van der Waals surface area contributed by atoms with E-state index in [1.54, 1.807) is 7.11 Å². The fraction of sp³-hybridized carbons (Fsp3) is 0.500. The zero-order chi connectivity index (χ0) is 22.4. The Kier molecular flexibility index (Phi) is 5.67. The average molecular weight is 420 g/mol. The van der Waals surface area contributed by atoms with Gasteiger partial charge in [0.2, 0.25) is 0 Å². The molecule has 0 aliphatic heterocycles. The number of ether oxygens (including phenoxy) is 2. The van der Waals surface area contributed by atoms with Crippen molar-refractivity contribution in [1.82, 2.24) is 0 Å². The van der Waals surface area contributed by atoms with Gasteiger partial charge < -0.3 is 14.6 Å². The van der Waals surface area contributed by atoms with Crippen LogP contribution in [-0.2, 0) is 28.0 Å². The van der Waals surface area contributed by atoms with Gasteiger partial charge in [-0.15, -0.1) is 0 Å². The van der Waals surface area contributed by atoms with E-state index in [2.05, 4.69) is 58.9 Å². The molecule has 164 valence electrons. The number of fused-ring (bicyclic) bond motifs is 2. The Balaban J connectivity index is 1.54. The Labute approximate surface area is 186 Å². The smallest absolute Gasteiger partial charge is 0.307 e. The lowest BCUT2D eigenvalue weighted by molar-refractivity contribution is -0.139. The fourth-order valence-corrected chi connectivity index (χ4v) is 5.43. The molecule has 0 amide bonds. The Morgan fingerprint density at radius 2 is 2.03 bits per heavy atom. The third-order valence-corrected chi connectivity index (χ3v) is 7.11. The lowest BCUT2D eigenvalue weighted by Crippen LogP contribution is -2.26. The molecule has 2 aliphatic rings. The largest absolute Gasteiger partial charge is 0.489 e. The molecule has 1 spiro atoms. The van der Waals surface area contributed by atoms with Gasteiger partial charge >= 0.3 is 5.97 Å². The number of carbonyl (C=O) groups is 1. The zero-order valence-corrected chi connectivity index (χ0v) is 19.3. The molecule has 2 aliphatic carbocycles. The molecule has 31 heavy (non-hydrogen) atoms. The van der Waals surface area contributed by atoms with Crippen molar-refractivity contribution < 1.29 is 19.4 Å². The molecule has 3 atom stereocenters. The van der Waals surface area contributed by atoms with E-state index in [9.17, 15) is 9.90 Å². The number of aryl methyl sites for hydroxylation is 1. The zero-order valence-electron chi connectivity index (χ0n) is 19.3. The molecule has 1 unspecified atom stereocenters. The molecule has 4 rings (SSSR count). The summed E-state index contributed by atoms with van der Waals surface area (Å²) in [5.74, 6) is -0.0972. The van der Waals surface area contributed by atoms with E-state index in [1.165, 1.54) is 22.2 Å². The molecule has 1 saturated carbocycles. The second kappa shape index (κ2) is 8.01. The van der Waals surface area contributed by atoms with Crippen LogP contribution in [0.15, 0.2) is 36.4 Å². The average Bonchev–Trinajstić information content (AvgIpc) is 3.43. The van der Waals surface area contributed by atoms with Gasteiger partial charge in [-0.25, -0.2) is 0 Å². The number of hydrogen-bond acceptors (Lipinski definition) is 3. The number of aliphatic carboxylic acids is 1. The normalized spacial score (nSPS) is 23.3. The van der Waals surface area contributed by atoms with Crippen molar-refractivity contribution in [3.63, 3.8) is 0 Å². The summed E-state index contributed by atoms with van der Waals surface area (Å²) in [5.41, 5.74) is 5.82. The van der Waals surface area contributed by atoms with Gasteiger partial charge in [0.05, 0.1) is 12.0 Å². The minimum atomic E-state index is -0.669. The summed E-state index contributed by atoms with van der Waals surface area (Å²) in [6.45, 7) is 7.04. The van der Waals surface area contributed by atoms with Crippen LogP contribution < -0.4 is 10.2 Å². The quantitative estimate of drug-likeness (QED) is 0.720. The molecule has 1 fully saturated rings. The first-order valence-corrected chi connectivity index (χ1v) is 11.3. The van der Waals surface area contributed by atoms with Crippen molar-refractivity contribution in [3.05, 3.63) is 58.7 Å². The summed E-state index contributed by atoms with van der Waals surface area (Å²) in [6.07, 6.45) is 3.82. The standard InChI is InChI=1S/C26H33BO4/c1-25(2,3)23(30-4)19-12-16(7-10-22(19)27)15-31-18-9-8-17-6-5-11-26(20(17)13-18)14-21(26)24(28)29/h7-10,12-13,21,23H,5-6,11,14-15,27H2,1-4H3,(H,28,29)/t21?,23-,26+/m1/s1. The maximum absolute atomic E-state index is 11.6. The molecule has 0 saturated heterocycles. The first kappa shape index (κ1) is 21.9. The Hall–Kier alpha value is -2.27. The maximum Gasteiger partial charge on any atom is 0.307 e. The van der Waals surface area contributed by atoms with E-state index in [0.717, 1.165) is 37.0 Å². The summed E-state index contributed by atoms with van der Waals surface area (Å²) in [4.78, 5) is 11.6. The van der Waals surface area contributed by atoms with Crippen LogP contribution in [0.1, 0.15) is 68.4 Å². The van der Waals surface area contributed by atoms with Gasteiger partial charge in [0.15, 0.2) is 0 Å². The van der Waals surface area contributed by atoms with E-state index in [-0.39, 0.29) is 22.9 Å². The minimum absolute atomic E-state index is 0.00323. The Morgan fingerprint density at radius 3 is 2.68 bits per heavy atom. The predicted molar refractivity (Wildman–Crippen MR) is 125 cm³/mol. The Bertz CT molecular complexity index is 993. The van der Waals surface area contributed by atoms with Gasteiger partial charge in [-0.3, -0.25) is 4.79 Å². The first-order chi connectivity index (χ1) is 14.7. The first-order valence-electron chi connectivity index (χ1n) is 11.3. The van der Waals surface area contributed by atoms with Crippen LogP contribution in [0.2, 0.25) is 0 Å². The highest BCUT2D eigenvalue weighted by atomic mass is 16.5. The van der Waals surface area contributed by atoms with Crippen molar-refractivity contribution in [3.8, 4) is 5.75 Å². The van der Waals surface area contributed by atoms with E-state index in [1.807, 2.05) is 6.07 Å². The van der Waals surface area contributed by atoms with Crippen LogP contribution in [0.5, 0.6) is 5.75 Å². The van der Waals surface area contributed by atoms with E-state index in [0.29, 0.717) is 6.61 Å². The highest BCUT2D eigenvalue weighted by Crippen LogP contribution is 2.60. The molecule has 4 nitrogen and oxygen atoms in total. The van der Waals surface area contributed by atoms with Crippen molar-refractivity contribution in [2.45, 2.75) is 64.6 Å². The van der Waals surface area contributed by atoms with Crippen molar-refractivity contribution in [2.24, 2.45) is 11.3 Å². The highest BCUT2D eigenvalue weighted by molar-refractivity contribution is 6.33. The van der Waals surface area contributed by atoms with Gasteiger partial charge in [0.1, 0.15) is 20.2 Å². The predicted octanol–water partition coefficient (Wildman–Crippen LogP) is 3.94. The minimum Gasteiger partial charge on any atom is -0.489 e. The van der Waals surface area contributed by atoms with Crippen LogP contribution >= 0.6 is 0 Å².